The van der Waals surface area contributed by atoms with Gasteiger partial charge in [0.1, 0.15) is 5.75 Å². The van der Waals surface area contributed by atoms with Crippen molar-refractivity contribution in [2.45, 2.75) is 82.4 Å². The van der Waals surface area contributed by atoms with E-state index < -0.39 is 10.0 Å². The summed E-state index contributed by atoms with van der Waals surface area (Å²) < 4.78 is 27.4. The summed E-state index contributed by atoms with van der Waals surface area (Å²) in [5.74, 6) is 0.0250. The average Bonchev–Trinajstić information content (AvgIpc) is 2.69. The maximum atomic E-state index is 12.5. The van der Waals surface area contributed by atoms with Crippen molar-refractivity contribution < 1.29 is 13.5 Å². The van der Waals surface area contributed by atoms with E-state index in [4.69, 9.17) is 0 Å². The smallest absolute Gasteiger partial charge is 0.261 e. The number of nitrogens with one attached hydrogen (secondary N) is 1. The van der Waals surface area contributed by atoms with E-state index in [1.807, 2.05) is 12.1 Å². The lowest BCUT2D eigenvalue weighted by Crippen LogP contribution is -2.12. The Morgan fingerprint density at radius 2 is 1.38 bits per heavy atom. The molecule has 5 heteroatoms. The molecule has 0 aliphatic rings. The average molecular weight is 418 g/mol. The Morgan fingerprint density at radius 3 is 1.97 bits per heavy atom. The van der Waals surface area contributed by atoms with Crippen LogP contribution in [-0.2, 0) is 16.4 Å². The molecule has 0 atom stereocenters. The van der Waals surface area contributed by atoms with E-state index in [0.29, 0.717) is 5.69 Å². The summed E-state index contributed by atoms with van der Waals surface area (Å²) in [6.45, 7) is 2.25. The second kappa shape index (κ2) is 12.5. The highest BCUT2D eigenvalue weighted by atomic mass is 32.2. The summed E-state index contributed by atoms with van der Waals surface area (Å²) in [4.78, 5) is 0.229. The van der Waals surface area contributed by atoms with Crippen LogP contribution in [-0.4, -0.2) is 13.5 Å². The molecular weight excluding hydrogens is 382 g/mol. The van der Waals surface area contributed by atoms with Crippen molar-refractivity contribution >= 4 is 15.7 Å². The number of rotatable bonds is 14. The first-order valence-electron chi connectivity index (χ1n) is 10.9. The van der Waals surface area contributed by atoms with Crippen molar-refractivity contribution in [1.82, 2.24) is 0 Å². The fourth-order valence-corrected chi connectivity index (χ4v) is 4.48. The van der Waals surface area contributed by atoms with Gasteiger partial charge in [-0.1, -0.05) is 82.9 Å². The number of hydrogen-bond acceptors (Lipinski definition) is 3. The quantitative estimate of drug-likeness (QED) is 0.338. The SMILES string of the molecule is CCCCCCCCCCCCc1ccc(S(=O)(=O)Nc2cccc(O)c2)cc1. The van der Waals surface area contributed by atoms with Crippen LogP contribution in [0.15, 0.2) is 53.4 Å². The topological polar surface area (TPSA) is 66.4 Å². The van der Waals surface area contributed by atoms with Crippen LogP contribution in [0, 0.1) is 0 Å². The molecule has 4 nitrogen and oxygen atoms in total. The molecule has 2 aromatic carbocycles. The molecule has 2 aromatic rings. The summed E-state index contributed by atoms with van der Waals surface area (Å²) in [7, 11) is -3.65. The standard InChI is InChI=1S/C24H35NO3S/c1-2-3-4-5-6-7-8-9-10-11-13-21-16-18-24(19-17-21)29(27,28)25-22-14-12-15-23(26)20-22/h12,14-20,25-26H,2-11,13H2,1H3. The van der Waals surface area contributed by atoms with Gasteiger partial charge in [0.05, 0.1) is 10.6 Å². The van der Waals surface area contributed by atoms with Gasteiger partial charge in [-0.15, -0.1) is 0 Å². The first kappa shape index (κ1) is 23.3. The second-order valence-electron chi connectivity index (χ2n) is 7.73. The minimum atomic E-state index is -3.65. The van der Waals surface area contributed by atoms with Crippen LogP contribution in [0.25, 0.3) is 0 Å². The normalized spacial score (nSPS) is 11.5. The van der Waals surface area contributed by atoms with Gasteiger partial charge in [-0.25, -0.2) is 8.42 Å². The monoisotopic (exact) mass is 417 g/mol. The molecule has 0 fully saturated rings. The van der Waals surface area contributed by atoms with Crippen LogP contribution in [0.4, 0.5) is 5.69 Å². The predicted octanol–water partition coefficient (Wildman–Crippen LogP) is 6.66. The van der Waals surface area contributed by atoms with Crippen LogP contribution >= 0.6 is 0 Å². The minimum absolute atomic E-state index is 0.0250. The van der Waals surface area contributed by atoms with E-state index in [-0.39, 0.29) is 10.6 Å². The highest BCUT2D eigenvalue weighted by molar-refractivity contribution is 7.92. The fourth-order valence-electron chi connectivity index (χ4n) is 3.44. The number of benzene rings is 2. The van der Waals surface area contributed by atoms with Gasteiger partial charge in [0.2, 0.25) is 0 Å². The predicted molar refractivity (Wildman–Crippen MR) is 121 cm³/mol. The van der Waals surface area contributed by atoms with Gasteiger partial charge >= 0.3 is 0 Å². The molecule has 0 aliphatic carbocycles. The molecule has 0 saturated heterocycles. The van der Waals surface area contributed by atoms with Crippen molar-refractivity contribution in [3.05, 3.63) is 54.1 Å². The van der Waals surface area contributed by atoms with E-state index in [1.165, 1.54) is 75.5 Å². The van der Waals surface area contributed by atoms with Crippen molar-refractivity contribution in [1.29, 1.82) is 0 Å². The molecule has 160 valence electrons. The Kier molecular flexibility index (Phi) is 10.1. The lowest BCUT2D eigenvalue weighted by atomic mass is 10.0. The van der Waals surface area contributed by atoms with Gasteiger partial charge in [0.25, 0.3) is 10.0 Å². The highest BCUT2D eigenvalue weighted by Crippen LogP contribution is 2.20. The Hall–Kier alpha value is -2.01. The molecule has 0 radical (unpaired) electrons. The minimum Gasteiger partial charge on any atom is -0.508 e. The molecule has 0 saturated carbocycles. The number of aromatic hydroxyl groups is 1. The molecule has 0 spiro atoms. The lowest BCUT2D eigenvalue weighted by Gasteiger charge is -2.09. The Labute approximate surface area is 176 Å². The third-order valence-corrected chi connectivity index (χ3v) is 6.55. The van der Waals surface area contributed by atoms with Crippen molar-refractivity contribution in [2.75, 3.05) is 4.72 Å². The largest absolute Gasteiger partial charge is 0.508 e. The number of sulfonamides is 1. The molecule has 0 aromatic heterocycles. The zero-order valence-corrected chi connectivity index (χ0v) is 18.4. The molecule has 0 aliphatic heterocycles. The van der Waals surface area contributed by atoms with Gasteiger partial charge in [0, 0.05) is 6.07 Å². The third-order valence-electron chi connectivity index (χ3n) is 5.15. The third kappa shape index (κ3) is 8.90. The van der Waals surface area contributed by atoms with E-state index in [9.17, 15) is 13.5 Å². The number of phenolic OH excluding ortho intramolecular Hbond substituents is 1. The number of phenols is 1. The number of hydrogen-bond donors (Lipinski definition) is 2. The number of aryl methyl sites for hydroxylation is 1. The van der Waals surface area contributed by atoms with Gasteiger partial charge in [-0.2, -0.15) is 0 Å². The molecule has 2 rings (SSSR count). The summed E-state index contributed by atoms with van der Waals surface area (Å²) in [5.41, 5.74) is 1.51. The van der Waals surface area contributed by atoms with Crippen molar-refractivity contribution in [3.63, 3.8) is 0 Å². The molecule has 0 unspecified atom stereocenters. The summed E-state index contributed by atoms with van der Waals surface area (Å²) in [6, 6.07) is 13.2. The Morgan fingerprint density at radius 1 is 0.793 bits per heavy atom. The highest BCUT2D eigenvalue weighted by Gasteiger charge is 2.14. The maximum absolute atomic E-state index is 12.5. The number of anilines is 1. The number of unbranched alkanes of at least 4 members (excludes halogenated alkanes) is 9. The maximum Gasteiger partial charge on any atom is 0.261 e. The molecule has 0 amide bonds. The van der Waals surface area contributed by atoms with E-state index in [2.05, 4.69) is 11.6 Å². The van der Waals surface area contributed by atoms with Gasteiger partial charge in [-0.05, 0) is 42.7 Å². The van der Waals surface area contributed by atoms with Crippen LogP contribution in [0.1, 0.15) is 76.7 Å². The molecule has 0 heterocycles. The van der Waals surface area contributed by atoms with Gasteiger partial charge < -0.3 is 5.11 Å². The van der Waals surface area contributed by atoms with E-state index >= 15 is 0 Å². The van der Waals surface area contributed by atoms with Crippen LogP contribution in [0.2, 0.25) is 0 Å². The van der Waals surface area contributed by atoms with Crippen LogP contribution < -0.4 is 4.72 Å². The van der Waals surface area contributed by atoms with Gasteiger partial charge in [0.15, 0.2) is 0 Å². The Bertz CT molecular complexity index is 816. The molecule has 29 heavy (non-hydrogen) atoms. The Balaban J connectivity index is 1.69. The summed E-state index contributed by atoms with van der Waals surface area (Å²) in [6.07, 6.45) is 14.1. The molecule has 0 bridgehead atoms. The second-order valence-corrected chi connectivity index (χ2v) is 9.41. The molecule has 2 N–H and O–H groups in total. The molecular formula is C24H35NO3S. The first-order chi connectivity index (χ1) is 14.0. The van der Waals surface area contributed by atoms with Crippen molar-refractivity contribution in [3.8, 4) is 5.75 Å². The van der Waals surface area contributed by atoms with Crippen LogP contribution in [0.5, 0.6) is 5.75 Å². The van der Waals surface area contributed by atoms with E-state index in [1.54, 1.807) is 24.3 Å². The van der Waals surface area contributed by atoms with Gasteiger partial charge in [-0.3, -0.25) is 4.72 Å². The van der Waals surface area contributed by atoms with Crippen molar-refractivity contribution in [2.24, 2.45) is 0 Å². The lowest BCUT2D eigenvalue weighted by molar-refractivity contribution is 0.475. The zero-order chi connectivity index (χ0) is 21.0. The summed E-state index contributed by atoms with van der Waals surface area (Å²) in [5, 5.41) is 9.48. The van der Waals surface area contributed by atoms with Crippen LogP contribution in [0.3, 0.4) is 0 Å². The van der Waals surface area contributed by atoms with E-state index in [0.717, 1.165) is 12.8 Å². The summed E-state index contributed by atoms with van der Waals surface area (Å²) >= 11 is 0. The fraction of sp³-hybridized carbons (Fsp3) is 0.500. The first-order valence-corrected chi connectivity index (χ1v) is 12.4. The zero-order valence-electron chi connectivity index (χ0n) is 17.6.